The van der Waals surface area contributed by atoms with Crippen molar-refractivity contribution < 1.29 is 9.18 Å². The number of carbonyl (C=O) groups is 1. The summed E-state index contributed by atoms with van der Waals surface area (Å²) in [5.41, 5.74) is 2.28. The van der Waals surface area contributed by atoms with E-state index in [-0.39, 0.29) is 17.5 Å². The molecule has 2 N–H and O–H groups in total. The summed E-state index contributed by atoms with van der Waals surface area (Å²) in [5.74, 6) is -0.489. The number of anilines is 3. The zero-order valence-electron chi connectivity index (χ0n) is 13.0. The number of hydrogen-bond acceptors (Lipinski definition) is 4. The van der Waals surface area contributed by atoms with Gasteiger partial charge in [0.15, 0.2) is 0 Å². The number of aromatic nitrogens is 2. The molecule has 0 saturated heterocycles. The van der Waals surface area contributed by atoms with Gasteiger partial charge < -0.3 is 10.6 Å². The van der Waals surface area contributed by atoms with Crippen molar-refractivity contribution in [1.82, 2.24) is 9.97 Å². The first-order chi connectivity index (χ1) is 11.6. The van der Waals surface area contributed by atoms with Crippen LogP contribution in [0.1, 0.15) is 15.9 Å². The maximum atomic E-state index is 13.6. The Hall–Kier alpha value is -3.28. The summed E-state index contributed by atoms with van der Waals surface area (Å²) >= 11 is 0. The molecule has 24 heavy (non-hydrogen) atoms. The first-order valence-corrected chi connectivity index (χ1v) is 7.34. The molecule has 0 bridgehead atoms. The van der Waals surface area contributed by atoms with Crippen molar-refractivity contribution in [3.63, 3.8) is 0 Å². The molecule has 0 saturated carbocycles. The Kier molecular flexibility index (Phi) is 4.47. The Morgan fingerprint density at radius 1 is 0.958 bits per heavy atom. The molecule has 0 aliphatic rings. The van der Waals surface area contributed by atoms with Gasteiger partial charge in [0.25, 0.3) is 5.91 Å². The largest absolute Gasteiger partial charge is 0.322 e. The van der Waals surface area contributed by atoms with Crippen molar-refractivity contribution in [3.05, 3.63) is 77.9 Å². The molecule has 120 valence electrons. The van der Waals surface area contributed by atoms with E-state index < -0.39 is 5.82 Å². The van der Waals surface area contributed by atoms with Crippen LogP contribution in [0.25, 0.3) is 0 Å². The summed E-state index contributed by atoms with van der Waals surface area (Å²) in [7, 11) is 0. The number of amides is 1. The van der Waals surface area contributed by atoms with Crippen LogP contribution in [0.15, 0.2) is 60.9 Å². The van der Waals surface area contributed by atoms with Gasteiger partial charge in [-0.05, 0) is 30.7 Å². The van der Waals surface area contributed by atoms with Crippen LogP contribution >= 0.6 is 0 Å². The molecule has 0 aliphatic heterocycles. The zero-order chi connectivity index (χ0) is 16.9. The lowest BCUT2D eigenvalue weighted by Crippen LogP contribution is -2.13. The van der Waals surface area contributed by atoms with Crippen LogP contribution in [-0.2, 0) is 0 Å². The number of rotatable bonds is 4. The van der Waals surface area contributed by atoms with Gasteiger partial charge in [-0.25, -0.2) is 14.4 Å². The van der Waals surface area contributed by atoms with Crippen molar-refractivity contribution in [3.8, 4) is 0 Å². The van der Waals surface area contributed by atoms with Crippen molar-refractivity contribution in [2.24, 2.45) is 0 Å². The average Bonchev–Trinajstić information content (AvgIpc) is 2.59. The number of nitrogens with one attached hydrogen (secondary N) is 2. The molecule has 1 amide bonds. The fraction of sp³-hybridized carbons (Fsp3) is 0.0556. The summed E-state index contributed by atoms with van der Waals surface area (Å²) in [6.07, 6.45) is 2.79. The topological polar surface area (TPSA) is 66.9 Å². The molecular weight excluding hydrogens is 307 g/mol. The van der Waals surface area contributed by atoms with Crippen LogP contribution in [-0.4, -0.2) is 15.9 Å². The molecule has 2 aromatic carbocycles. The van der Waals surface area contributed by atoms with E-state index in [1.165, 1.54) is 18.5 Å². The number of halogens is 1. The van der Waals surface area contributed by atoms with E-state index in [0.717, 1.165) is 11.3 Å². The van der Waals surface area contributed by atoms with Crippen LogP contribution < -0.4 is 10.6 Å². The maximum Gasteiger partial charge on any atom is 0.258 e. The number of para-hydroxylation sites is 2. The highest BCUT2D eigenvalue weighted by atomic mass is 19.1. The maximum absolute atomic E-state index is 13.6. The third-order valence-electron chi connectivity index (χ3n) is 3.43. The molecular formula is C18H15FN4O. The van der Waals surface area contributed by atoms with Crippen molar-refractivity contribution in [1.29, 1.82) is 0 Å². The highest BCUT2D eigenvalue weighted by molar-refractivity contribution is 6.04. The second kappa shape index (κ2) is 6.87. The first kappa shape index (κ1) is 15.6. The zero-order valence-corrected chi connectivity index (χ0v) is 13.0. The number of nitrogens with zero attached hydrogens (tertiary/aromatic N) is 2. The number of benzene rings is 2. The molecule has 5 nitrogen and oxygen atoms in total. The van der Waals surface area contributed by atoms with Crippen LogP contribution in [0.3, 0.4) is 0 Å². The molecule has 0 atom stereocenters. The van der Waals surface area contributed by atoms with Crippen molar-refractivity contribution >= 4 is 23.2 Å². The highest BCUT2D eigenvalue weighted by Crippen LogP contribution is 2.17. The highest BCUT2D eigenvalue weighted by Gasteiger charge is 2.09. The minimum Gasteiger partial charge on any atom is -0.322 e. The smallest absolute Gasteiger partial charge is 0.258 e. The Bertz CT molecular complexity index is 865. The Balaban J connectivity index is 1.71. The molecule has 6 heteroatoms. The second-order valence-corrected chi connectivity index (χ2v) is 5.17. The summed E-state index contributed by atoms with van der Waals surface area (Å²) in [5, 5.41) is 5.57. The number of aryl methyl sites for hydroxylation is 1. The van der Waals surface area contributed by atoms with Gasteiger partial charge in [-0.2, -0.15) is 0 Å². The predicted molar refractivity (Wildman–Crippen MR) is 90.8 cm³/mol. The van der Waals surface area contributed by atoms with E-state index in [4.69, 9.17) is 0 Å². The predicted octanol–water partition coefficient (Wildman–Crippen LogP) is 3.92. The molecule has 3 aromatic rings. The Morgan fingerprint density at radius 2 is 1.58 bits per heavy atom. The third kappa shape index (κ3) is 3.55. The average molecular weight is 322 g/mol. The van der Waals surface area contributed by atoms with Crippen LogP contribution in [0.2, 0.25) is 0 Å². The van der Waals surface area contributed by atoms with Gasteiger partial charge in [0.05, 0.1) is 11.3 Å². The molecule has 0 unspecified atom stereocenters. The summed E-state index contributed by atoms with van der Waals surface area (Å²) < 4.78 is 13.6. The summed E-state index contributed by atoms with van der Waals surface area (Å²) in [6, 6.07) is 13.7. The van der Waals surface area contributed by atoms with E-state index in [2.05, 4.69) is 20.6 Å². The van der Waals surface area contributed by atoms with Crippen LogP contribution in [0, 0.1) is 12.7 Å². The lowest BCUT2D eigenvalue weighted by Gasteiger charge is -2.08. The van der Waals surface area contributed by atoms with E-state index in [0.29, 0.717) is 5.56 Å². The van der Waals surface area contributed by atoms with E-state index >= 15 is 0 Å². The fourth-order valence-corrected chi connectivity index (χ4v) is 2.10. The second-order valence-electron chi connectivity index (χ2n) is 5.17. The number of hydrogen-bond donors (Lipinski definition) is 2. The monoisotopic (exact) mass is 322 g/mol. The van der Waals surface area contributed by atoms with Gasteiger partial charge in [-0.1, -0.05) is 30.3 Å². The Labute approximate surface area is 138 Å². The Morgan fingerprint density at radius 3 is 2.25 bits per heavy atom. The van der Waals surface area contributed by atoms with E-state index in [9.17, 15) is 9.18 Å². The first-order valence-electron chi connectivity index (χ1n) is 7.34. The summed E-state index contributed by atoms with van der Waals surface area (Å²) in [6.45, 7) is 1.91. The van der Waals surface area contributed by atoms with Gasteiger partial charge in [0.1, 0.15) is 5.82 Å². The summed E-state index contributed by atoms with van der Waals surface area (Å²) in [4.78, 5) is 20.3. The molecule has 1 aromatic heterocycles. The standard InChI is InChI=1S/C18H15FN4O/c1-12-6-2-4-8-15(12)22-17(24)13-10-20-18(21-11-13)23-16-9-5-3-7-14(16)19/h2-11H,1H3,(H,22,24)(H,20,21,23). The minimum atomic E-state index is -0.400. The van der Waals surface area contributed by atoms with Gasteiger partial charge in [-0.15, -0.1) is 0 Å². The fourth-order valence-electron chi connectivity index (χ4n) is 2.10. The molecule has 0 spiro atoms. The molecule has 3 rings (SSSR count). The molecule has 0 radical (unpaired) electrons. The van der Waals surface area contributed by atoms with E-state index in [1.807, 2.05) is 31.2 Å². The van der Waals surface area contributed by atoms with Gasteiger partial charge >= 0.3 is 0 Å². The SMILES string of the molecule is Cc1ccccc1NC(=O)c1cnc(Nc2ccccc2F)nc1. The lowest BCUT2D eigenvalue weighted by atomic mass is 10.2. The quantitative estimate of drug-likeness (QED) is 0.764. The number of carbonyl (C=O) groups excluding carboxylic acids is 1. The van der Waals surface area contributed by atoms with Crippen molar-refractivity contribution in [2.75, 3.05) is 10.6 Å². The molecule has 0 aliphatic carbocycles. The van der Waals surface area contributed by atoms with Crippen LogP contribution in [0.4, 0.5) is 21.7 Å². The normalized spacial score (nSPS) is 10.2. The molecule has 0 fully saturated rings. The minimum absolute atomic E-state index is 0.215. The van der Waals surface area contributed by atoms with E-state index in [1.54, 1.807) is 18.2 Å². The third-order valence-corrected chi connectivity index (χ3v) is 3.43. The van der Waals surface area contributed by atoms with Crippen LogP contribution in [0.5, 0.6) is 0 Å². The molecule has 1 heterocycles. The van der Waals surface area contributed by atoms with Gasteiger partial charge in [0.2, 0.25) is 5.95 Å². The van der Waals surface area contributed by atoms with Gasteiger partial charge in [0, 0.05) is 18.1 Å². The lowest BCUT2D eigenvalue weighted by molar-refractivity contribution is 0.102. The van der Waals surface area contributed by atoms with Crippen molar-refractivity contribution in [2.45, 2.75) is 6.92 Å². The van der Waals surface area contributed by atoms with Gasteiger partial charge in [-0.3, -0.25) is 4.79 Å².